The Kier molecular flexibility index (Phi) is 3.28. The van der Waals surface area contributed by atoms with Gasteiger partial charge in [0, 0.05) is 20.1 Å². The van der Waals surface area contributed by atoms with Gasteiger partial charge in [-0.3, -0.25) is 4.79 Å². The summed E-state index contributed by atoms with van der Waals surface area (Å²) in [5.41, 5.74) is 6.86. The lowest BCUT2D eigenvalue weighted by atomic mass is 10.2. The zero-order valence-corrected chi connectivity index (χ0v) is 9.82. The van der Waals surface area contributed by atoms with Gasteiger partial charge in [-0.25, -0.2) is 4.39 Å². The highest BCUT2D eigenvalue weighted by Gasteiger charge is 2.22. The summed E-state index contributed by atoms with van der Waals surface area (Å²) < 4.78 is 13.3. The van der Waals surface area contributed by atoms with E-state index in [1.165, 1.54) is 12.1 Å². The van der Waals surface area contributed by atoms with E-state index in [0.29, 0.717) is 12.2 Å². The highest BCUT2D eigenvalue weighted by atomic mass is 19.1. The van der Waals surface area contributed by atoms with Crippen LogP contribution in [0.1, 0.15) is 6.42 Å². The molecule has 1 aromatic rings. The van der Waals surface area contributed by atoms with E-state index in [1.807, 2.05) is 11.9 Å². The van der Waals surface area contributed by atoms with Crippen LogP contribution in [0.2, 0.25) is 0 Å². The molecule has 2 N–H and O–H groups in total. The van der Waals surface area contributed by atoms with Crippen molar-refractivity contribution in [2.24, 2.45) is 5.73 Å². The number of carbonyl (C=O) groups excluding carboxylic acids is 1. The first kappa shape index (κ1) is 11.9. The first-order valence-electron chi connectivity index (χ1n) is 5.64. The number of hydrogen-bond acceptors (Lipinski definition) is 3. The zero-order chi connectivity index (χ0) is 12.4. The number of carbonyl (C=O) groups is 1. The van der Waals surface area contributed by atoms with Gasteiger partial charge in [-0.2, -0.15) is 0 Å². The first-order valence-corrected chi connectivity index (χ1v) is 5.64. The van der Waals surface area contributed by atoms with Crippen LogP contribution in [0.25, 0.3) is 0 Å². The number of rotatable bonds is 1. The predicted molar refractivity (Wildman–Crippen MR) is 65.7 cm³/mol. The third-order valence-corrected chi connectivity index (χ3v) is 2.99. The molecule has 2 rings (SSSR count). The lowest BCUT2D eigenvalue weighted by molar-refractivity contribution is -0.117. The van der Waals surface area contributed by atoms with Crippen LogP contribution in [0.5, 0.6) is 0 Å². The second-order valence-electron chi connectivity index (χ2n) is 4.16. The van der Waals surface area contributed by atoms with Crippen molar-refractivity contribution < 1.29 is 9.18 Å². The van der Waals surface area contributed by atoms with Crippen LogP contribution in [-0.2, 0) is 4.79 Å². The van der Waals surface area contributed by atoms with Crippen LogP contribution in [0.15, 0.2) is 18.2 Å². The molecule has 1 aliphatic heterocycles. The molecule has 0 bridgehead atoms. The SMILES string of the molecule is CN1CCCN(C(=O)CN)c2cc(F)ccc21. The quantitative estimate of drug-likeness (QED) is 0.791. The average molecular weight is 237 g/mol. The van der Waals surface area contributed by atoms with Crippen molar-refractivity contribution in [3.63, 3.8) is 0 Å². The highest BCUT2D eigenvalue weighted by molar-refractivity contribution is 5.98. The molecule has 0 aromatic heterocycles. The molecule has 17 heavy (non-hydrogen) atoms. The maximum absolute atomic E-state index is 13.3. The second-order valence-corrected chi connectivity index (χ2v) is 4.16. The molecule has 92 valence electrons. The predicted octanol–water partition coefficient (Wildman–Crippen LogP) is 0.957. The molecule has 0 fully saturated rings. The minimum atomic E-state index is -0.339. The number of fused-ring (bicyclic) bond motifs is 1. The molecular formula is C12H16FN3O. The highest BCUT2D eigenvalue weighted by Crippen LogP contribution is 2.32. The molecule has 1 aliphatic rings. The minimum Gasteiger partial charge on any atom is -0.373 e. The van der Waals surface area contributed by atoms with E-state index in [9.17, 15) is 9.18 Å². The summed E-state index contributed by atoms with van der Waals surface area (Å²) in [6, 6.07) is 4.50. The third-order valence-electron chi connectivity index (χ3n) is 2.99. The van der Waals surface area contributed by atoms with E-state index < -0.39 is 0 Å². The number of nitrogens with two attached hydrogens (primary N) is 1. The number of amides is 1. The molecule has 1 aromatic carbocycles. The summed E-state index contributed by atoms with van der Waals surface area (Å²) >= 11 is 0. The van der Waals surface area contributed by atoms with Crippen molar-refractivity contribution in [2.45, 2.75) is 6.42 Å². The Morgan fingerprint density at radius 1 is 1.41 bits per heavy atom. The van der Waals surface area contributed by atoms with E-state index in [4.69, 9.17) is 5.73 Å². The fourth-order valence-electron chi connectivity index (χ4n) is 2.11. The van der Waals surface area contributed by atoms with E-state index in [0.717, 1.165) is 18.7 Å². The van der Waals surface area contributed by atoms with E-state index in [1.54, 1.807) is 11.0 Å². The molecule has 0 saturated heterocycles. The summed E-state index contributed by atoms with van der Waals surface area (Å²) in [4.78, 5) is 15.4. The largest absolute Gasteiger partial charge is 0.373 e. The number of anilines is 2. The summed E-state index contributed by atoms with van der Waals surface area (Å²) in [5.74, 6) is -0.513. The topological polar surface area (TPSA) is 49.6 Å². The molecule has 5 heteroatoms. The average Bonchev–Trinajstić information content (AvgIpc) is 2.48. The van der Waals surface area contributed by atoms with Crippen molar-refractivity contribution in [1.82, 2.24) is 0 Å². The lowest BCUT2D eigenvalue weighted by Gasteiger charge is -2.23. The van der Waals surface area contributed by atoms with Crippen molar-refractivity contribution in [1.29, 1.82) is 0 Å². The molecule has 1 amide bonds. The van der Waals surface area contributed by atoms with Gasteiger partial charge in [-0.1, -0.05) is 0 Å². The Bertz CT molecular complexity index is 436. The number of benzene rings is 1. The molecule has 0 aliphatic carbocycles. The minimum absolute atomic E-state index is 0.0559. The Hall–Kier alpha value is -1.62. The standard InChI is InChI=1S/C12H16FN3O/c1-15-5-2-6-16(12(17)8-14)11-7-9(13)3-4-10(11)15/h3-4,7H,2,5-6,8,14H2,1H3. The second kappa shape index (κ2) is 4.71. The van der Waals surface area contributed by atoms with Gasteiger partial charge in [0.15, 0.2) is 0 Å². The van der Waals surface area contributed by atoms with Gasteiger partial charge in [-0.15, -0.1) is 0 Å². The van der Waals surface area contributed by atoms with E-state index in [-0.39, 0.29) is 18.3 Å². The number of nitrogens with zero attached hydrogens (tertiary/aromatic N) is 2. The van der Waals surface area contributed by atoms with Gasteiger partial charge in [0.1, 0.15) is 5.82 Å². The number of halogens is 1. The number of hydrogen-bond donors (Lipinski definition) is 1. The van der Waals surface area contributed by atoms with E-state index >= 15 is 0 Å². The summed E-state index contributed by atoms with van der Waals surface area (Å²) in [6.45, 7) is 1.36. The Morgan fingerprint density at radius 2 is 2.18 bits per heavy atom. The smallest absolute Gasteiger partial charge is 0.240 e. The lowest BCUT2D eigenvalue weighted by Crippen LogP contribution is -2.36. The van der Waals surface area contributed by atoms with Crippen molar-refractivity contribution in [2.75, 3.05) is 36.5 Å². The summed E-state index contributed by atoms with van der Waals surface area (Å²) in [6.07, 6.45) is 0.846. The fraction of sp³-hybridized carbons (Fsp3) is 0.417. The Morgan fingerprint density at radius 3 is 2.88 bits per heavy atom. The summed E-state index contributed by atoms with van der Waals surface area (Å²) in [7, 11) is 1.94. The molecular weight excluding hydrogens is 221 g/mol. The zero-order valence-electron chi connectivity index (χ0n) is 9.82. The normalized spacial score (nSPS) is 15.5. The van der Waals surface area contributed by atoms with Crippen LogP contribution in [-0.4, -0.2) is 32.6 Å². The van der Waals surface area contributed by atoms with Gasteiger partial charge < -0.3 is 15.5 Å². The van der Waals surface area contributed by atoms with Crippen LogP contribution < -0.4 is 15.5 Å². The molecule has 1 heterocycles. The van der Waals surface area contributed by atoms with Crippen LogP contribution in [0, 0.1) is 5.82 Å². The maximum atomic E-state index is 13.3. The molecule has 0 unspecified atom stereocenters. The monoisotopic (exact) mass is 237 g/mol. The van der Waals surface area contributed by atoms with Crippen LogP contribution in [0.4, 0.5) is 15.8 Å². The third kappa shape index (κ3) is 2.24. The van der Waals surface area contributed by atoms with Gasteiger partial charge in [0.2, 0.25) is 5.91 Å². The first-order chi connectivity index (χ1) is 8.13. The Balaban J connectivity index is 2.48. The molecule has 0 atom stereocenters. The summed E-state index contributed by atoms with van der Waals surface area (Å²) in [5, 5.41) is 0. The van der Waals surface area contributed by atoms with Gasteiger partial charge in [0.05, 0.1) is 17.9 Å². The molecule has 0 saturated carbocycles. The van der Waals surface area contributed by atoms with Gasteiger partial charge in [-0.05, 0) is 24.6 Å². The fourth-order valence-corrected chi connectivity index (χ4v) is 2.11. The van der Waals surface area contributed by atoms with Crippen molar-refractivity contribution in [3.05, 3.63) is 24.0 Å². The van der Waals surface area contributed by atoms with Gasteiger partial charge in [0.25, 0.3) is 0 Å². The molecule has 0 spiro atoms. The molecule has 4 nitrogen and oxygen atoms in total. The van der Waals surface area contributed by atoms with E-state index in [2.05, 4.69) is 0 Å². The van der Waals surface area contributed by atoms with Crippen LogP contribution in [0.3, 0.4) is 0 Å². The maximum Gasteiger partial charge on any atom is 0.240 e. The van der Waals surface area contributed by atoms with Crippen LogP contribution >= 0.6 is 0 Å². The molecule has 0 radical (unpaired) electrons. The van der Waals surface area contributed by atoms with Crippen molar-refractivity contribution >= 4 is 17.3 Å². The van der Waals surface area contributed by atoms with Gasteiger partial charge >= 0.3 is 0 Å². The van der Waals surface area contributed by atoms with Crippen molar-refractivity contribution in [3.8, 4) is 0 Å². The Labute approximate surface area is 99.8 Å².